The lowest BCUT2D eigenvalue weighted by Gasteiger charge is -2.31. The van der Waals surface area contributed by atoms with Crippen molar-refractivity contribution >= 4 is 18.3 Å². The highest BCUT2D eigenvalue weighted by molar-refractivity contribution is 5.85. The molecule has 6 heteroatoms. The Balaban J connectivity index is 0.00000312. The molecule has 0 aromatic carbocycles. The lowest BCUT2D eigenvalue weighted by Crippen LogP contribution is -2.42. The van der Waals surface area contributed by atoms with Crippen molar-refractivity contribution in [2.45, 2.75) is 58.0 Å². The summed E-state index contributed by atoms with van der Waals surface area (Å²) >= 11 is 0. The van der Waals surface area contributed by atoms with E-state index in [-0.39, 0.29) is 18.3 Å². The summed E-state index contributed by atoms with van der Waals surface area (Å²) in [5.41, 5.74) is 0. The first-order valence-electron chi connectivity index (χ1n) is 9.94. The molecule has 1 heterocycles. The van der Waals surface area contributed by atoms with E-state index in [0.717, 1.165) is 25.6 Å². The minimum Gasteiger partial charge on any atom is -0.376 e. The van der Waals surface area contributed by atoms with Crippen molar-refractivity contribution < 1.29 is 9.53 Å². The molecule has 2 atom stereocenters. The number of hydrogen-bond donors (Lipinski definition) is 2. The molecule has 1 amide bonds. The number of amides is 1. The number of nitrogens with zero attached hydrogens (tertiary/aromatic N) is 1. The number of nitrogens with one attached hydrogen (secondary N) is 2. The zero-order chi connectivity index (χ0) is 17.2. The van der Waals surface area contributed by atoms with Crippen LogP contribution in [0.5, 0.6) is 0 Å². The standard InChI is InChI=1S/C19H37N3O2.ClH/c1-16-5-3-4-6-18(16)24-14-11-21-19(23)15-22-12-8-17(9-13-22)7-10-20-2;/h16-18,20H,3-15H2,1-2H3,(H,21,23);1H. The van der Waals surface area contributed by atoms with Gasteiger partial charge in [-0.05, 0) is 70.6 Å². The van der Waals surface area contributed by atoms with E-state index in [4.69, 9.17) is 4.74 Å². The van der Waals surface area contributed by atoms with Crippen LogP contribution >= 0.6 is 12.4 Å². The monoisotopic (exact) mass is 375 g/mol. The number of rotatable bonds is 9. The zero-order valence-electron chi connectivity index (χ0n) is 16.1. The Bertz CT molecular complexity index is 363. The van der Waals surface area contributed by atoms with Gasteiger partial charge in [-0.25, -0.2) is 0 Å². The van der Waals surface area contributed by atoms with Crippen molar-refractivity contribution in [3.63, 3.8) is 0 Å². The summed E-state index contributed by atoms with van der Waals surface area (Å²) in [7, 11) is 2.01. The van der Waals surface area contributed by atoms with Gasteiger partial charge in [-0.2, -0.15) is 0 Å². The molecule has 1 saturated carbocycles. The second-order valence-corrected chi connectivity index (χ2v) is 7.63. The van der Waals surface area contributed by atoms with Crippen molar-refractivity contribution in [3.8, 4) is 0 Å². The van der Waals surface area contributed by atoms with Gasteiger partial charge in [-0.1, -0.05) is 19.8 Å². The van der Waals surface area contributed by atoms with Gasteiger partial charge in [0.1, 0.15) is 0 Å². The normalized spacial score (nSPS) is 25.4. The number of piperidine rings is 1. The second-order valence-electron chi connectivity index (χ2n) is 7.63. The molecule has 2 N–H and O–H groups in total. The van der Waals surface area contributed by atoms with Crippen molar-refractivity contribution in [1.29, 1.82) is 0 Å². The maximum atomic E-state index is 12.1. The summed E-state index contributed by atoms with van der Waals surface area (Å²) in [6.07, 6.45) is 9.17. The van der Waals surface area contributed by atoms with Crippen molar-refractivity contribution in [3.05, 3.63) is 0 Å². The van der Waals surface area contributed by atoms with Gasteiger partial charge in [0.05, 0.1) is 19.3 Å². The number of hydrogen-bond acceptors (Lipinski definition) is 4. The Labute approximate surface area is 160 Å². The van der Waals surface area contributed by atoms with Crippen LogP contribution in [-0.2, 0) is 9.53 Å². The summed E-state index contributed by atoms with van der Waals surface area (Å²) < 4.78 is 5.95. The van der Waals surface area contributed by atoms with Crippen molar-refractivity contribution in [2.24, 2.45) is 11.8 Å². The first kappa shape index (κ1) is 22.7. The first-order chi connectivity index (χ1) is 11.7. The highest BCUT2D eigenvalue weighted by Crippen LogP contribution is 2.26. The van der Waals surface area contributed by atoms with Crippen LogP contribution in [0.15, 0.2) is 0 Å². The molecule has 5 nitrogen and oxygen atoms in total. The van der Waals surface area contributed by atoms with Crippen LogP contribution < -0.4 is 10.6 Å². The van der Waals surface area contributed by atoms with E-state index in [1.807, 2.05) is 7.05 Å². The van der Waals surface area contributed by atoms with E-state index in [1.54, 1.807) is 0 Å². The molecule has 2 aliphatic rings. The third-order valence-electron chi connectivity index (χ3n) is 5.67. The van der Waals surface area contributed by atoms with Gasteiger partial charge in [-0.3, -0.25) is 9.69 Å². The van der Waals surface area contributed by atoms with Gasteiger partial charge in [0.2, 0.25) is 5.91 Å². The molecule has 2 fully saturated rings. The SMILES string of the molecule is CNCCC1CCN(CC(=O)NCCOC2CCCCC2C)CC1.Cl. The third kappa shape index (κ3) is 8.72. The lowest BCUT2D eigenvalue weighted by atomic mass is 9.88. The largest absolute Gasteiger partial charge is 0.376 e. The average Bonchev–Trinajstić information content (AvgIpc) is 2.59. The molecule has 0 aromatic heterocycles. The summed E-state index contributed by atoms with van der Waals surface area (Å²) in [6, 6.07) is 0. The summed E-state index contributed by atoms with van der Waals surface area (Å²) in [6.45, 7) is 7.31. The van der Waals surface area contributed by atoms with Crippen LogP contribution in [0.3, 0.4) is 0 Å². The van der Waals surface area contributed by atoms with Gasteiger partial charge in [-0.15, -0.1) is 12.4 Å². The van der Waals surface area contributed by atoms with Crippen LogP contribution in [0.25, 0.3) is 0 Å². The van der Waals surface area contributed by atoms with Crippen LogP contribution in [0.1, 0.15) is 51.9 Å². The second kappa shape index (κ2) is 12.9. The smallest absolute Gasteiger partial charge is 0.234 e. The van der Waals surface area contributed by atoms with Crippen molar-refractivity contribution in [2.75, 3.05) is 46.4 Å². The van der Waals surface area contributed by atoms with E-state index < -0.39 is 0 Å². The predicted molar refractivity (Wildman–Crippen MR) is 105 cm³/mol. The molecule has 148 valence electrons. The molecule has 1 aliphatic heterocycles. The molecule has 0 radical (unpaired) electrons. The van der Waals surface area contributed by atoms with E-state index in [2.05, 4.69) is 22.5 Å². The molecule has 0 aromatic rings. The Morgan fingerprint density at radius 2 is 1.84 bits per heavy atom. The Morgan fingerprint density at radius 3 is 2.52 bits per heavy atom. The summed E-state index contributed by atoms with van der Waals surface area (Å²) in [5, 5.41) is 6.24. The fraction of sp³-hybridized carbons (Fsp3) is 0.947. The van der Waals surface area contributed by atoms with E-state index in [0.29, 0.717) is 31.7 Å². The topological polar surface area (TPSA) is 53.6 Å². The molecule has 0 spiro atoms. The van der Waals surface area contributed by atoms with E-state index in [1.165, 1.54) is 44.9 Å². The minimum atomic E-state index is 0. The van der Waals surface area contributed by atoms with Crippen LogP contribution in [0.2, 0.25) is 0 Å². The quantitative estimate of drug-likeness (QED) is 0.608. The maximum absolute atomic E-state index is 12.1. The van der Waals surface area contributed by atoms with Crippen LogP contribution in [0.4, 0.5) is 0 Å². The highest BCUT2D eigenvalue weighted by Gasteiger charge is 2.22. The zero-order valence-corrected chi connectivity index (χ0v) is 16.9. The number of carbonyl (C=O) groups is 1. The molecular formula is C19H38ClN3O2. The number of carbonyl (C=O) groups excluding carboxylic acids is 1. The summed E-state index contributed by atoms with van der Waals surface area (Å²) in [5.74, 6) is 1.63. The van der Waals surface area contributed by atoms with Gasteiger partial charge in [0.25, 0.3) is 0 Å². The Hall–Kier alpha value is -0.360. The molecule has 0 bridgehead atoms. The van der Waals surface area contributed by atoms with Gasteiger partial charge >= 0.3 is 0 Å². The van der Waals surface area contributed by atoms with Crippen LogP contribution in [0, 0.1) is 11.8 Å². The van der Waals surface area contributed by atoms with Gasteiger partial charge < -0.3 is 15.4 Å². The fourth-order valence-corrected chi connectivity index (χ4v) is 3.97. The molecule has 2 rings (SSSR count). The number of ether oxygens (including phenoxy) is 1. The predicted octanol–water partition coefficient (Wildman–Crippen LogP) is 2.44. The van der Waals surface area contributed by atoms with Crippen LogP contribution in [-0.4, -0.2) is 63.3 Å². The molecular weight excluding hydrogens is 338 g/mol. The maximum Gasteiger partial charge on any atom is 0.234 e. The number of halogens is 1. The fourth-order valence-electron chi connectivity index (χ4n) is 3.97. The Kier molecular flexibility index (Phi) is 11.7. The van der Waals surface area contributed by atoms with E-state index in [9.17, 15) is 4.79 Å². The third-order valence-corrected chi connectivity index (χ3v) is 5.67. The first-order valence-corrected chi connectivity index (χ1v) is 9.94. The molecule has 1 aliphatic carbocycles. The number of likely N-dealkylation sites (tertiary alicyclic amines) is 1. The van der Waals surface area contributed by atoms with Gasteiger partial charge in [0.15, 0.2) is 0 Å². The lowest BCUT2D eigenvalue weighted by molar-refractivity contribution is -0.123. The van der Waals surface area contributed by atoms with Crippen molar-refractivity contribution in [1.82, 2.24) is 15.5 Å². The van der Waals surface area contributed by atoms with E-state index >= 15 is 0 Å². The minimum absolute atomic E-state index is 0. The summed E-state index contributed by atoms with van der Waals surface area (Å²) in [4.78, 5) is 14.3. The molecule has 25 heavy (non-hydrogen) atoms. The molecule has 1 saturated heterocycles. The molecule has 2 unspecified atom stereocenters. The highest BCUT2D eigenvalue weighted by atomic mass is 35.5. The Morgan fingerprint density at radius 1 is 1.12 bits per heavy atom. The average molecular weight is 376 g/mol. The van der Waals surface area contributed by atoms with Gasteiger partial charge in [0, 0.05) is 6.54 Å².